The zero-order valence-electron chi connectivity index (χ0n) is 11.0. The quantitative estimate of drug-likeness (QED) is 0.586. The molecule has 0 aromatic heterocycles. The molecule has 0 heterocycles. The van der Waals surface area contributed by atoms with Crippen LogP contribution < -0.4 is 11.1 Å². The van der Waals surface area contributed by atoms with Crippen molar-refractivity contribution in [2.24, 2.45) is 5.73 Å². The van der Waals surface area contributed by atoms with Crippen LogP contribution in [0.4, 0.5) is 0 Å². The van der Waals surface area contributed by atoms with Gasteiger partial charge >= 0.3 is 0 Å². The van der Waals surface area contributed by atoms with Gasteiger partial charge in [-0.25, -0.2) is 0 Å². The Morgan fingerprint density at radius 1 is 1.19 bits per heavy atom. The molecule has 0 saturated carbocycles. The van der Waals surface area contributed by atoms with E-state index in [4.69, 9.17) is 5.73 Å². The highest BCUT2D eigenvalue weighted by Crippen LogP contribution is 1.97. The minimum absolute atomic E-state index is 0.210. The topological polar surface area (TPSA) is 58.4 Å². The van der Waals surface area contributed by atoms with Gasteiger partial charge in [-0.3, -0.25) is 4.79 Å². The maximum Gasteiger partial charge on any atom is 0.235 e. The van der Waals surface area contributed by atoms with E-state index in [0.29, 0.717) is 0 Å². The minimum Gasteiger partial charge on any atom is -0.368 e. The van der Waals surface area contributed by atoms with E-state index >= 15 is 0 Å². The molecule has 0 saturated heterocycles. The lowest BCUT2D eigenvalue weighted by Gasteiger charge is -2.25. The molecule has 4 nitrogen and oxygen atoms in total. The van der Waals surface area contributed by atoms with Crippen LogP contribution in [0.1, 0.15) is 40.0 Å². The number of amides is 1. The molecule has 0 bridgehead atoms. The number of rotatable bonds is 10. The molecule has 1 unspecified atom stereocenters. The fraction of sp³-hybridized carbons (Fsp3) is 0.917. The summed E-state index contributed by atoms with van der Waals surface area (Å²) < 4.78 is 0. The molecule has 1 atom stereocenters. The van der Waals surface area contributed by atoms with Crippen LogP contribution in [0, 0.1) is 0 Å². The summed E-state index contributed by atoms with van der Waals surface area (Å²) in [6.07, 6.45) is 3.24. The normalized spacial score (nSPS) is 13.0. The monoisotopic (exact) mass is 229 g/mol. The highest BCUT2D eigenvalue weighted by Gasteiger charge is 2.17. The fourth-order valence-corrected chi connectivity index (χ4v) is 1.76. The Hall–Kier alpha value is -0.610. The molecule has 0 aliphatic heterocycles. The van der Waals surface area contributed by atoms with Gasteiger partial charge in [-0.15, -0.1) is 0 Å². The van der Waals surface area contributed by atoms with Crippen LogP contribution in [0.5, 0.6) is 0 Å². The molecule has 0 aromatic rings. The van der Waals surface area contributed by atoms with E-state index in [1.807, 2.05) is 0 Å². The van der Waals surface area contributed by atoms with Gasteiger partial charge in [0, 0.05) is 6.54 Å². The number of carbonyl (C=O) groups is 1. The van der Waals surface area contributed by atoms with Crippen LogP contribution in [0.3, 0.4) is 0 Å². The standard InChI is InChI=1S/C12H27N3O/c1-4-7-14-11(12(13)16)10-15(8-5-2)9-6-3/h11,14H,4-10H2,1-3H3,(H2,13,16). The first-order valence-corrected chi connectivity index (χ1v) is 6.40. The molecule has 0 aromatic carbocycles. The second-order valence-electron chi connectivity index (χ2n) is 4.21. The van der Waals surface area contributed by atoms with Gasteiger partial charge in [0.2, 0.25) is 5.91 Å². The van der Waals surface area contributed by atoms with E-state index in [0.717, 1.165) is 45.4 Å². The lowest BCUT2D eigenvalue weighted by Crippen LogP contribution is -2.49. The second-order valence-corrected chi connectivity index (χ2v) is 4.21. The Morgan fingerprint density at radius 3 is 2.12 bits per heavy atom. The van der Waals surface area contributed by atoms with Crippen LogP contribution in [0.2, 0.25) is 0 Å². The van der Waals surface area contributed by atoms with Crippen molar-refractivity contribution in [2.75, 3.05) is 26.2 Å². The summed E-state index contributed by atoms with van der Waals surface area (Å²) in [5.41, 5.74) is 5.39. The average molecular weight is 229 g/mol. The lowest BCUT2D eigenvalue weighted by atomic mass is 10.2. The van der Waals surface area contributed by atoms with Crippen LogP contribution in [-0.2, 0) is 4.79 Å². The molecule has 0 fully saturated rings. The molecule has 0 spiro atoms. The van der Waals surface area contributed by atoms with Crippen LogP contribution in [0.25, 0.3) is 0 Å². The third-order valence-corrected chi connectivity index (χ3v) is 2.50. The molecule has 0 aliphatic carbocycles. The third-order valence-electron chi connectivity index (χ3n) is 2.50. The summed E-state index contributed by atoms with van der Waals surface area (Å²) >= 11 is 0. The molecule has 1 amide bonds. The van der Waals surface area contributed by atoms with Crippen LogP contribution in [0.15, 0.2) is 0 Å². The predicted octanol–water partition coefficient (Wildman–Crippen LogP) is 0.962. The highest BCUT2D eigenvalue weighted by atomic mass is 16.1. The van der Waals surface area contributed by atoms with Crippen molar-refractivity contribution in [3.8, 4) is 0 Å². The molecule has 0 rings (SSSR count). The minimum atomic E-state index is -0.245. The molecular formula is C12H27N3O. The smallest absolute Gasteiger partial charge is 0.235 e. The molecule has 0 aliphatic rings. The molecular weight excluding hydrogens is 202 g/mol. The Balaban J connectivity index is 4.14. The van der Waals surface area contributed by atoms with Gasteiger partial charge in [0.05, 0.1) is 6.04 Å². The number of carbonyl (C=O) groups excluding carboxylic acids is 1. The number of hydrogen-bond acceptors (Lipinski definition) is 3. The molecule has 3 N–H and O–H groups in total. The van der Waals surface area contributed by atoms with Gasteiger partial charge < -0.3 is 16.0 Å². The summed E-state index contributed by atoms with van der Waals surface area (Å²) in [7, 11) is 0. The Morgan fingerprint density at radius 2 is 1.75 bits per heavy atom. The first kappa shape index (κ1) is 15.4. The molecule has 0 radical (unpaired) electrons. The zero-order chi connectivity index (χ0) is 12.4. The van der Waals surface area contributed by atoms with Crippen LogP contribution in [-0.4, -0.2) is 43.0 Å². The fourth-order valence-electron chi connectivity index (χ4n) is 1.76. The first-order chi connectivity index (χ1) is 7.65. The summed E-state index contributed by atoms with van der Waals surface area (Å²) in [6, 6.07) is -0.210. The second kappa shape index (κ2) is 9.60. The number of nitrogens with one attached hydrogen (secondary N) is 1. The SMILES string of the molecule is CCCNC(CN(CCC)CCC)C(N)=O. The van der Waals surface area contributed by atoms with Crippen molar-refractivity contribution >= 4 is 5.91 Å². The summed E-state index contributed by atoms with van der Waals surface area (Å²) in [4.78, 5) is 13.6. The molecule has 16 heavy (non-hydrogen) atoms. The predicted molar refractivity (Wildman–Crippen MR) is 68.3 cm³/mol. The van der Waals surface area contributed by atoms with Crippen molar-refractivity contribution < 1.29 is 4.79 Å². The van der Waals surface area contributed by atoms with E-state index in [2.05, 4.69) is 31.0 Å². The van der Waals surface area contributed by atoms with E-state index in [-0.39, 0.29) is 11.9 Å². The van der Waals surface area contributed by atoms with Crippen molar-refractivity contribution in [1.29, 1.82) is 0 Å². The summed E-state index contributed by atoms with van der Waals surface area (Å²) in [6.45, 7) is 10.0. The molecule has 4 heteroatoms. The van der Waals surface area contributed by atoms with Gasteiger partial charge in [0.25, 0.3) is 0 Å². The van der Waals surface area contributed by atoms with E-state index in [1.165, 1.54) is 0 Å². The van der Waals surface area contributed by atoms with Crippen molar-refractivity contribution in [2.45, 2.75) is 46.1 Å². The van der Waals surface area contributed by atoms with Gasteiger partial charge in [0.15, 0.2) is 0 Å². The first-order valence-electron chi connectivity index (χ1n) is 6.40. The number of primary amides is 1. The van der Waals surface area contributed by atoms with Crippen molar-refractivity contribution in [3.05, 3.63) is 0 Å². The van der Waals surface area contributed by atoms with E-state index in [1.54, 1.807) is 0 Å². The summed E-state index contributed by atoms with van der Waals surface area (Å²) in [5.74, 6) is -0.245. The van der Waals surface area contributed by atoms with Crippen LogP contribution >= 0.6 is 0 Å². The number of nitrogens with zero attached hydrogens (tertiary/aromatic N) is 1. The molecule has 96 valence electrons. The number of hydrogen-bond donors (Lipinski definition) is 2. The van der Waals surface area contributed by atoms with Crippen molar-refractivity contribution in [3.63, 3.8) is 0 Å². The largest absolute Gasteiger partial charge is 0.368 e. The van der Waals surface area contributed by atoms with Gasteiger partial charge in [0.1, 0.15) is 0 Å². The Bertz CT molecular complexity index is 179. The van der Waals surface area contributed by atoms with E-state index in [9.17, 15) is 4.79 Å². The van der Waals surface area contributed by atoms with Gasteiger partial charge in [-0.1, -0.05) is 20.8 Å². The van der Waals surface area contributed by atoms with E-state index < -0.39 is 0 Å². The van der Waals surface area contributed by atoms with Gasteiger partial charge in [-0.05, 0) is 38.9 Å². The van der Waals surface area contributed by atoms with Crippen molar-refractivity contribution in [1.82, 2.24) is 10.2 Å². The Kier molecular flexibility index (Phi) is 9.24. The van der Waals surface area contributed by atoms with Gasteiger partial charge in [-0.2, -0.15) is 0 Å². The zero-order valence-corrected chi connectivity index (χ0v) is 11.0. The summed E-state index contributed by atoms with van der Waals surface area (Å²) in [5, 5.41) is 3.20. The highest BCUT2D eigenvalue weighted by molar-refractivity contribution is 5.80. The average Bonchev–Trinajstić information content (AvgIpc) is 2.24. The Labute approximate surface area is 99.6 Å². The maximum absolute atomic E-state index is 11.3. The maximum atomic E-state index is 11.3. The number of nitrogens with two attached hydrogens (primary N) is 1. The third kappa shape index (κ3) is 6.80. The lowest BCUT2D eigenvalue weighted by molar-refractivity contribution is -0.120.